The maximum Gasteiger partial charge on any atom is 0.261 e. The highest BCUT2D eigenvalue weighted by Crippen LogP contribution is 2.31. The molecule has 0 heterocycles. The SMILES string of the molecule is CNC(C)C(=O)NC(C(=O)NNC=NC1CCCc2ccccc21)C(C)C. The van der Waals surface area contributed by atoms with E-state index in [0.29, 0.717) is 0 Å². The van der Waals surface area contributed by atoms with Gasteiger partial charge in [-0.1, -0.05) is 38.1 Å². The van der Waals surface area contributed by atoms with E-state index in [4.69, 9.17) is 0 Å². The van der Waals surface area contributed by atoms with Crippen LogP contribution in [0, 0.1) is 5.92 Å². The maximum absolute atomic E-state index is 12.4. The number of hydrazine groups is 1. The van der Waals surface area contributed by atoms with Gasteiger partial charge in [0.25, 0.3) is 5.91 Å². The highest BCUT2D eigenvalue weighted by atomic mass is 16.2. The molecule has 0 radical (unpaired) electrons. The van der Waals surface area contributed by atoms with Crippen LogP contribution in [0.25, 0.3) is 0 Å². The van der Waals surface area contributed by atoms with Gasteiger partial charge in [0.15, 0.2) is 0 Å². The van der Waals surface area contributed by atoms with Crippen LogP contribution in [-0.2, 0) is 16.0 Å². The summed E-state index contributed by atoms with van der Waals surface area (Å²) in [5.41, 5.74) is 7.97. The number of hydrogen-bond acceptors (Lipinski definition) is 4. The molecule has 0 aromatic heterocycles. The molecule has 4 N–H and O–H groups in total. The number of aliphatic imine (C=N–C) groups is 1. The summed E-state index contributed by atoms with van der Waals surface area (Å²) in [4.78, 5) is 29.0. The van der Waals surface area contributed by atoms with Crippen LogP contribution in [0.3, 0.4) is 0 Å². The molecule has 7 heteroatoms. The number of carbonyl (C=O) groups is 2. The van der Waals surface area contributed by atoms with Crippen molar-refractivity contribution in [3.63, 3.8) is 0 Å². The minimum absolute atomic E-state index is 0.0398. The summed E-state index contributed by atoms with van der Waals surface area (Å²) >= 11 is 0. The Kier molecular flexibility index (Phi) is 7.79. The fourth-order valence-corrected chi connectivity index (χ4v) is 3.14. The molecule has 0 saturated carbocycles. The van der Waals surface area contributed by atoms with E-state index in [9.17, 15) is 9.59 Å². The van der Waals surface area contributed by atoms with Gasteiger partial charge in [0.2, 0.25) is 5.91 Å². The number of likely N-dealkylation sites (N-methyl/N-ethyl adjacent to an activating group) is 1. The van der Waals surface area contributed by atoms with E-state index in [1.165, 1.54) is 17.5 Å². The number of fused-ring (bicyclic) bond motifs is 1. The standard InChI is InChI=1S/C20H31N5O2/c1-13(2)18(24-19(26)14(3)21-4)20(27)25-23-12-22-17-11-7-9-15-8-5-6-10-16(15)17/h5-6,8,10,12-14,17-18,21H,7,9,11H2,1-4H3,(H,22,23)(H,24,26)(H,25,27). The molecule has 1 aromatic carbocycles. The quantitative estimate of drug-likeness (QED) is 0.315. The molecule has 0 bridgehead atoms. The molecule has 3 atom stereocenters. The highest BCUT2D eigenvalue weighted by molar-refractivity contribution is 5.90. The van der Waals surface area contributed by atoms with Gasteiger partial charge in [-0.15, -0.1) is 0 Å². The molecular weight excluding hydrogens is 342 g/mol. The molecule has 0 saturated heterocycles. The average Bonchev–Trinajstić information content (AvgIpc) is 2.68. The van der Waals surface area contributed by atoms with Crippen molar-refractivity contribution in [2.45, 2.75) is 58.2 Å². The molecule has 2 amide bonds. The normalized spacial score (nSPS) is 18.6. The largest absolute Gasteiger partial charge is 0.343 e. The number of hydrogen-bond donors (Lipinski definition) is 4. The number of nitrogens with one attached hydrogen (secondary N) is 4. The molecule has 3 unspecified atom stereocenters. The topological polar surface area (TPSA) is 94.6 Å². The fraction of sp³-hybridized carbons (Fsp3) is 0.550. The van der Waals surface area contributed by atoms with Gasteiger partial charge in [0.05, 0.1) is 12.1 Å². The Balaban J connectivity index is 1.89. The highest BCUT2D eigenvalue weighted by Gasteiger charge is 2.25. The average molecular weight is 374 g/mol. The van der Waals surface area contributed by atoms with Crippen LogP contribution in [0.5, 0.6) is 0 Å². The summed E-state index contributed by atoms with van der Waals surface area (Å²) < 4.78 is 0. The van der Waals surface area contributed by atoms with E-state index in [0.717, 1.165) is 19.3 Å². The Hall–Kier alpha value is -2.41. The van der Waals surface area contributed by atoms with Crippen molar-refractivity contribution in [1.82, 2.24) is 21.5 Å². The first-order valence-corrected chi connectivity index (χ1v) is 9.56. The zero-order valence-corrected chi connectivity index (χ0v) is 16.6. The summed E-state index contributed by atoms with van der Waals surface area (Å²) in [6.07, 6.45) is 4.72. The van der Waals surface area contributed by atoms with Gasteiger partial charge < -0.3 is 10.6 Å². The van der Waals surface area contributed by atoms with Gasteiger partial charge in [0.1, 0.15) is 12.4 Å². The number of amides is 2. The number of nitrogens with zero attached hydrogens (tertiary/aromatic N) is 1. The van der Waals surface area contributed by atoms with Gasteiger partial charge in [-0.3, -0.25) is 25.4 Å². The summed E-state index contributed by atoms with van der Waals surface area (Å²) in [7, 11) is 1.70. The molecule has 148 valence electrons. The van der Waals surface area contributed by atoms with Crippen molar-refractivity contribution >= 4 is 18.2 Å². The van der Waals surface area contributed by atoms with E-state index in [-0.39, 0.29) is 29.8 Å². The van der Waals surface area contributed by atoms with E-state index in [1.54, 1.807) is 14.0 Å². The molecule has 1 aliphatic carbocycles. The second kappa shape index (κ2) is 10.1. The Morgan fingerprint density at radius 1 is 1.19 bits per heavy atom. The third-order valence-electron chi connectivity index (χ3n) is 4.93. The van der Waals surface area contributed by atoms with E-state index < -0.39 is 6.04 Å². The zero-order chi connectivity index (χ0) is 19.8. The first-order chi connectivity index (χ1) is 12.9. The van der Waals surface area contributed by atoms with Crippen LogP contribution in [0.2, 0.25) is 0 Å². The first-order valence-electron chi connectivity index (χ1n) is 9.56. The van der Waals surface area contributed by atoms with Gasteiger partial charge in [-0.2, -0.15) is 0 Å². The predicted octanol–water partition coefficient (Wildman–Crippen LogP) is 1.46. The van der Waals surface area contributed by atoms with E-state index in [2.05, 4.69) is 44.7 Å². The van der Waals surface area contributed by atoms with Crippen molar-refractivity contribution in [1.29, 1.82) is 0 Å². The first kappa shape index (κ1) is 20.9. The number of aryl methyl sites for hydroxylation is 1. The van der Waals surface area contributed by atoms with Crippen LogP contribution in [-0.4, -0.2) is 37.3 Å². The Morgan fingerprint density at radius 2 is 1.93 bits per heavy atom. The van der Waals surface area contributed by atoms with E-state index in [1.807, 2.05) is 19.9 Å². The van der Waals surface area contributed by atoms with Crippen LogP contribution in [0.15, 0.2) is 29.3 Å². The molecular formula is C20H31N5O2. The van der Waals surface area contributed by atoms with Crippen LogP contribution < -0.4 is 21.5 Å². The van der Waals surface area contributed by atoms with Gasteiger partial charge >= 0.3 is 0 Å². The monoisotopic (exact) mass is 373 g/mol. The predicted molar refractivity (Wildman–Crippen MR) is 107 cm³/mol. The van der Waals surface area contributed by atoms with Crippen molar-refractivity contribution in [2.75, 3.05) is 7.05 Å². The molecule has 1 aliphatic rings. The Morgan fingerprint density at radius 3 is 2.63 bits per heavy atom. The second-order valence-corrected chi connectivity index (χ2v) is 7.26. The van der Waals surface area contributed by atoms with Gasteiger partial charge in [0, 0.05) is 0 Å². The molecule has 27 heavy (non-hydrogen) atoms. The number of benzene rings is 1. The molecule has 1 aromatic rings. The third-order valence-corrected chi connectivity index (χ3v) is 4.93. The smallest absolute Gasteiger partial charge is 0.261 e. The van der Waals surface area contributed by atoms with Crippen LogP contribution in [0.4, 0.5) is 0 Å². The summed E-state index contributed by atoms with van der Waals surface area (Å²) in [5, 5.41) is 5.64. The second-order valence-electron chi connectivity index (χ2n) is 7.26. The van der Waals surface area contributed by atoms with Crippen molar-refractivity contribution < 1.29 is 9.59 Å². The minimum atomic E-state index is -0.621. The van der Waals surface area contributed by atoms with Crippen molar-refractivity contribution in [3.05, 3.63) is 35.4 Å². The molecule has 0 aliphatic heterocycles. The third kappa shape index (κ3) is 5.79. The summed E-state index contributed by atoms with van der Waals surface area (Å²) in [5.74, 6) is -0.544. The van der Waals surface area contributed by atoms with Crippen molar-refractivity contribution in [3.8, 4) is 0 Å². The maximum atomic E-state index is 12.4. The Bertz CT molecular complexity index is 674. The van der Waals surface area contributed by atoms with Crippen LogP contribution >= 0.6 is 0 Å². The lowest BCUT2D eigenvalue weighted by atomic mass is 9.88. The lowest BCUT2D eigenvalue weighted by Crippen LogP contribution is -2.55. The lowest BCUT2D eigenvalue weighted by Gasteiger charge is -2.24. The number of rotatable bonds is 8. The Labute approximate surface area is 161 Å². The molecule has 0 fully saturated rings. The molecule has 7 nitrogen and oxygen atoms in total. The fourth-order valence-electron chi connectivity index (χ4n) is 3.14. The number of carbonyl (C=O) groups excluding carboxylic acids is 2. The molecule has 2 rings (SSSR count). The van der Waals surface area contributed by atoms with E-state index >= 15 is 0 Å². The van der Waals surface area contributed by atoms with Gasteiger partial charge in [-0.05, 0) is 50.3 Å². The lowest BCUT2D eigenvalue weighted by molar-refractivity contribution is -0.131. The molecule has 0 spiro atoms. The minimum Gasteiger partial charge on any atom is -0.343 e. The van der Waals surface area contributed by atoms with Crippen molar-refractivity contribution in [2.24, 2.45) is 10.9 Å². The van der Waals surface area contributed by atoms with Gasteiger partial charge in [-0.25, -0.2) is 0 Å². The summed E-state index contributed by atoms with van der Waals surface area (Å²) in [6.45, 7) is 5.53. The summed E-state index contributed by atoms with van der Waals surface area (Å²) in [6, 6.07) is 7.47. The zero-order valence-electron chi connectivity index (χ0n) is 16.6. The van der Waals surface area contributed by atoms with Crippen LogP contribution in [0.1, 0.15) is 50.8 Å².